The number of likely N-dealkylation sites (N-methyl/N-ethyl adjacent to an activating group) is 1. The number of rotatable bonds is 8. The van der Waals surface area contributed by atoms with E-state index in [0.717, 1.165) is 12.7 Å². The van der Waals surface area contributed by atoms with Crippen molar-refractivity contribution in [2.75, 3.05) is 44.9 Å². The number of carbonyl (C=O) groups is 2. The van der Waals surface area contributed by atoms with Gasteiger partial charge in [0.15, 0.2) is 0 Å². The number of halogens is 3. The highest BCUT2D eigenvalue weighted by Crippen LogP contribution is 2.29. The van der Waals surface area contributed by atoms with Crippen molar-refractivity contribution in [1.29, 1.82) is 0 Å². The van der Waals surface area contributed by atoms with E-state index >= 15 is 0 Å². The van der Waals surface area contributed by atoms with Gasteiger partial charge in [-0.15, -0.1) is 0 Å². The number of sulfonamides is 1. The van der Waals surface area contributed by atoms with Gasteiger partial charge in [-0.05, 0) is 51.3 Å². The van der Waals surface area contributed by atoms with Gasteiger partial charge >= 0.3 is 6.18 Å². The molecule has 0 aliphatic carbocycles. The standard InChI is InChI=1S/C27H42F3N3O7S/c1-18-15-33(19(2)17-34)26(36)22-14-21(31-25(35)11-12-27(28,29)30)9-10-23(22)40-20(3)8-6-7-13-39-24(18)16-32(4)41(5,37)38/h9-10,14,18-20,24,34H,6-8,11-13,15-17H2,1-5H3,(H,31,35)/t18-,19+,20+,24-/m0/s1. The second kappa shape index (κ2) is 15.2. The third-order valence-corrected chi connectivity index (χ3v) is 8.26. The quantitative estimate of drug-likeness (QED) is 0.461. The summed E-state index contributed by atoms with van der Waals surface area (Å²) in [7, 11) is -2.03. The van der Waals surface area contributed by atoms with Crippen molar-refractivity contribution in [3.63, 3.8) is 0 Å². The van der Waals surface area contributed by atoms with Crippen molar-refractivity contribution in [3.8, 4) is 5.75 Å². The van der Waals surface area contributed by atoms with E-state index in [2.05, 4.69) is 5.32 Å². The Bertz CT molecular complexity index is 1130. The normalized spacial score (nSPS) is 22.4. The molecule has 1 aliphatic rings. The number of amides is 2. The van der Waals surface area contributed by atoms with E-state index in [1.54, 1.807) is 6.92 Å². The number of aliphatic hydroxyl groups excluding tert-OH is 1. The minimum Gasteiger partial charge on any atom is -0.490 e. The maximum atomic E-state index is 14.0. The van der Waals surface area contributed by atoms with Gasteiger partial charge in [0, 0.05) is 44.8 Å². The maximum absolute atomic E-state index is 14.0. The van der Waals surface area contributed by atoms with Crippen LogP contribution >= 0.6 is 0 Å². The molecule has 0 spiro atoms. The second-order valence-corrected chi connectivity index (χ2v) is 12.8. The average molecular weight is 610 g/mol. The summed E-state index contributed by atoms with van der Waals surface area (Å²) in [6.07, 6.45) is -4.20. The molecule has 1 aliphatic heterocycles. The van der Waals surface area contributed by atoms with Crippen LogP contribution < -0.4 is 10.1 Å². The number of hydrogen-bond donors (Lipinski definition) is 2. The molecule has 0 fully saturated rings. The summed E-state index contributed by atoms with van der Waals surface area (Å²) in [5.74, 6) is -1.50. The molecule has 2 amide bonds. The van der Waals surface area contributed by atoms with Crippen molar-refractivity contribution in [2.24, 2.45) is 5.92 Å². The number of carbonyl (C=O) groups excluding carboxylic acids is 2. The number of alkyl halides is 3. The van der Waals surface area contributed by atoms with Crippen molar-refractivity contribution < 1.29 is 45.8 Å². The lowest BCUT2D eigenvalue weighted by molar-refractivity contribution is -0.142. The Labute approximate surface area is 240 Å². The first-order chi connectivity index (χ1) is 19.0. The molecule has 41 heavy (non-hydrogen) atoms. The van der Waals surface area contributed by atoms with Crippen LogP contribution in [0.2, 0.25) is 0 Å². The summed E-state index contributed by atoms with van der Waals surface area (Å²) < 4.78 is 75.3. The number of nitrogens with one attached hydrogen (secondary N) is 1. The highest BCUT2D eigenvalue weighted by atomic mass is 32.2. The second-order valence-electron chi connectivity index (χ2n) is 10.7. The summed E-state index contributed by atoms with van der Waals surface area (Å²) in [4.78, 5) is 27.6. The molecule has 0 unspecified atom stereocenters. The van der Waals surface area contributed by atoms with Gasteiger partial charge in [0.25, 0.3) is 5.91 Å². The molecule has 0 bridgehead atoms. The Balaban J connectivity index is 2.46. The first-order valence-corrected chi connectivity index (χ1v) is 15.5. The van der Waals surface area contributed by atoms with E-state index in [-0.39, 0.29) is 48.7 Å². The smallest absolute Gasteiger partial charge is 0.389 e. The van der Waals surface area contributed by atoms with Crippen molar-refractivity contribution >= 4 is 27.5 Å². The van der Waals surface area contributed by atoms with Crippen LogP contribution in [0.5, 0.6) is 5.75 Å². The zero-order chi connectivity index (χ0) is 31.0. The fraction of sp³-hybridized carbons (Fsp3) is 0.704. The molecule has 14 heteroatoms. The number of anilines is 1. The number of hydrogen-bond acceptors (Lipinski definition) is 7. The molecule has 1 aromatic carbocycles. The van der Waals surface area contributed by atoms with Gasteiger partial charge in [-0.25, -0.2) is 12.7 Å². The van der Waals surface area contributed by atoms with Gasteiger partial charge < -0.3 is 24.8 Å². The topological polar surface area (TPSA) is 125 Å². The summed E-state index contributed by atoms with van der Waals surface area (Å²) in [6, 6.07) is 3.66. The van der Waals surface area contributed by atoms with Crippen LogP contribution in [0.25, 0.3) is 0 Å². The number of benzene rings is 1. The van der Waals surface area contributed by atoms with Gasteiger partial charge in [0.05, 0.1) is 43.1 Å². The zero-order valence-electron chi connectivity index (χ0n) is 24.2. The van der Waals surface area contributed by atoms with Gasteiger partial charge in [-0.1, -0.05) is 6.92 Å². The molecule has 2 rings (SSSR count). The minimum absolute atomic E-state index is 0.0692. The molecule has 0 saturated heterocycles. The van der Waals surface area contributed by atoms with Gasteiger partial charge in [0.2, 0.25) is 15.9 Å². The average Bonchev–Trinajstić information content (AvgIpc) is 2.88. The fourth-order valence-corrected chi connectivity index (χ4v) is 4.75. The third kappa shape index (κ3) is 11.4. The van der Waals surface area contributed by atoms with Crippen LogP contribution in [0.1, 0.15) is 63.2 Å². The Hall–Kier alpha value is -2.42. The van der Waals surface area contributed by atoms with Gasteiger partial charge in [-0.3, -0.25) is 9.59 Å². The lowest BCUT2D eigenvalue weighted by Crippen LogP contribution is -2.47. The number of fused-ring (bicyclic) bond motifs is 1. The van der Waals surface area contributed by atoms with E-state index < -0.39 is 53.0 Å². The van der Waals surface area contributed by atoms with E-state index in [4.69, 9.17) is 9.47 Å². The molecule has 1 heterocycles. The van der Waals surface area contributed by atoms with Crippen LogP contribution in [-0.4, -0.2) is 98.6 Å². The van der Waals surface area contributed by atoms with Gasteiger partial charge in [0.1, 0.15) is 5.75 Å². The van der Waals surface area contributed by atoms with Crippen LogP contribution in [0.4, 0.5) is 18.9 Å². The monoisotopic (exact) mass is 609 g/mol. The predicted molar refractivity (Wildman–Crippen MR) is 148 cm³/mol. The molecule has 0 aromatic heterocycles. The van der Waals surface area contributed by atoms with Crippen LogP contribution in [0.15, 0.2) is 18.2 Å². The van der Waals surface area contributed by atoms with E-state index in [0.29, 0.717) is 19.4 Å². The first-order valence-electron chi connectivity index (χ1n) is 13.6. The highest BCUT2D eigenvalue weighted by molar-refractivity contribution is 7.88. The number of nitrogens with zero attached hydrogens (tertiary/aromatic N) is 2. The molecule has 0 saturated carbocycles. The number of ether oxygens (including phenoxy) is 2. The predicted octanol–water partition coefficient (Wildman–Crippen LogP) is 3.65. The van der Waals surface area contributed by atoms with Crippen molar-refractivity contribution in [1.82, 2.24) is 9.21 Å². The molecule has 4 atom stereocenters. The first kappa shape index (κ1) is 34.8. The summed E-state index contributed by atoms with van der Waals surface area (Å²) >= 11 is 0. The summed E-state index contributed by atoms with van der Waals surface area (Å²) in [6.45, 7) is 5.50. The maximum Gasteiger partial charge on any atom is 0.389 e. The molecule has 234 valence electrons. The Kier molecular flexibility index (Phi) is 12.9. The Morgan fingerprint density at radius 2 is 1.95 bits per heavy atom. The lowest BCUT2D eigenvalue weighted by atomic mass is 10.0. The zero-order valence-corrected chi connectivity index (χ0v) is 25.1. The van der Waals surface area contributed by atoms with Crippen LogP contribution in [0.3, 0.4) is 0 Å². The molecular weight excluding hydrogens is 567 g/mol. The Morgan fingerprint density at radius 1 is 1.27 bits per heavy atom. The fourth-order valence-electron chi connectivity index (χ4n) is 4.33. The molecular formula is C27H42F3N3O7S. The van der Waals surface area contributed by atoms with Crippen LogP contribution in [0, 0.1) is 5.92 Å². The Morgan fingerprint density at radius 3 is 2.56 bits per heavy atom. The third-order valence-electron chi connectivity index (χ3n) is 6.97. The minimum atomic E-state index is -4.48. The summed E-state index contributed by atoms with van der Waals surface area (Å²) in [5, 5.41) is 12.4. The van der Waals surface area contributed by atoms with E-state index in [1.165, 1.54) is 34.5 Å². The van der Waals surface area contributed by atoms with Crippen molar-refractivity contribution in [3.05, 3.63) is 23.8 Å². The van der Waals surface area contributed by atoms with Crippen molar-refractivity contribution in [2.45, 2.75) is 77.3 Å². The van der Waals surface area contributed by atoms with E-state index in [9.17, 15) is 36.3 Å². The SMILES string of the molecule is C[C@@H]1CCCCO[C@@H](CN(C)S(C)(=O)=O)[C@@H](C)CN([C@H](C)CO)C(=O)c2cc(NC(=O)CCC(F)(F)F)ccc2O1. The molecule has 1 aromatic rings. The largest absolute Gasteiger partial charge is 0.490 e. The lowest BCUT2D eigenvalue weighted by Gasteiger charge is -2.35. The molecule has 10 nitrogen and oxygen atoms in total. The molecule has 2 N–H and O–H groups in total. The highest BCUT2D eigenvalue weighted by Gasteiger charge is 2.32. The van der Waals surface area contributed by atoms with E-state index in [1.807, 2.05) is 13.8 Å². The van der Waals surface area contributed by atoms with Gasteiger partial charge in [-0.2, -0.15) is 13.2 Å². The number of aliphatic hydroxyl groups is 1. The summed E-state index contributed by atoms with van der Waals surface area (Å²) in [5.41, 5.74) is 0.197. The van der Waals surface area contributed by atoms with Crippen LogP contribution in [-0.2, 0) is 19.6 Å². The molecule has 0 radical (unpaired) electrons.